The van der Waals surface area contributed by atoms with Gasteiger partial charge in [0, 0.05) is 17.4 Å². The predicted octanol–water partition coefficient (Wildman–Crippen LogP) is -1.50. The van der Waals surface area contributed by atoms with Crippen molar-refractivity contribution >= 4 is 17.4 Å². The van der Waals surface area contributed by atoms with Crippen LogP contribution in [0.2, 0.25) is 0 Å². The smallest absolute Gasteiger partial charge is 0.0772 e. The second-order valence-corrected chi connectivity index (χ2v) is 0.0680. The van der Waals surface area contributed by atoms with Crippen molar-refractivity contribution in [2.45, 2.75) is 0 Å². The highest BCUT2D eigenvalue weighted by Crippen LogP contribution is 1.00. The SMILES string of the molecule is O=[O+][O-].[Al]. The molecule has 0 unspecified atom stereocenters. The van der Waals surface area contributed by atoms with Crippen molar-refractivity contribution in [1.29, 1.82) is 0 Å². The van der Waals surface area contributed by atoms with Crippen LogP contribution < -0.4 is 5.26 Å². The third kappa shape index (κ3) is 368. The monoisotopic (exact) mass is 75.0 g/mol. The average molecular weight is 75.0 g/mol. The molecule has 0 rings (SSSR count). The summed E-state index contributed by atoms with van der Waals surface area (Å²) >= 11 is 0. The summed E-state index contributed by atoms with van der Waals surface area (Å²) in [6.07, 6.45) is 0. The third-order valence-corrected chi connectivity index (χ3v) is 0. The molecule has 0 aliphatic rings. The van der Waals surface area contributed by atoms with E-state index in [-0.39, 0.29) is 17.4 Å². The average Bonchev–Trinajstić information content (AvgIpc) is 0.918. The van der Waals surface area contributed by atoms with Gasteiger partial charge in [0.2, 0.25) is 0 Å². The van der Waals surface area contributed by atoms with Gasteiger partial charge >= 0.3 is 0 Å². The van der Waals surface area contributed by atoms with Gasteiger partial charge in [-0.25, -0.2) is 0 Å². The van der Waals surface area contributed by atoms with Gasteiger partial charge in [-0.3, -0.25) is 0 Å². The molecule has 0 fully saturated rings. The molecule has 0 spiro atoms. The van der Waals surface area contributed by atoms with Crippen molar-refractivity contribution < 1.29 is 5.26 Å². The topological polar surface area (TPSA) is 51.4 Å². The maximum atomic E-state index is 7.88. The molecule has 3 nitrogen and oxygen atoms in total. The Labute approximate surface area is 33.2 Å². The van der Waals surface area contributed by atoms with Crippen molar-refractivity contribution in [3.05, 3.63) is 9.71 Å². The molecule has 21 valence electrons. The highest BCUT2D eigenvalue weighted by molar-refractivity contribution is 5.75. The van der Waals surface area contributed by atoms with Crippen molar-refractivity contribution in [2.24, 2.45) is 0 Å². The van der Waals surface area contributed by atoms with Crippen LogP contribution in [0, 0.1) is 9.71 Å². The molecule has 3 radical (unpaired) electrons. The van der Waals surface area contributed by atoms with Crippen LogP contribution in [0.25, 0.3) is 0 Å². The van der Waals surface area contributed by atoms with Gasteiger partial charge in [0.1, 0.15) is 0 Å². The molecule has 0 bridgehead atoms. The zero-order chi connectivity index (χ0) is 2.71. The molecule has 0 aliphatic heterocycles. The van der Waals surface area contributed by atoms with Crippen LogP contribution in [0.15, 0.2) is 0 Å². The third-order valence-electron chi connectivity index (χ3n) is 0. The van der Waals surface area contributed by atoms with Crippen molar-refractivity contribution in [1.82, 2.24) is 0 Å². The van der Waals surface area contributed by atoms with E-state index in [1.165, 1.54) is 0 Å². The summed E-state index contributed by atoms with van der Waals surface area (Å²) in [7, 11) is 0. The zero-order valence-corrected chi connectivity index (χ0v) is 2.96. The maximum Gasteiger partial charge on any atom is 0.154 e. The molecule has 0 amide bonds. The standard InChI is InChI=1S/Al.O3/c;1-3-2. The number of rotatable bonds is 0. The molecular weight excluding hydrogens is 75.0 g/mol. The van der Waals surface area contributed by atoms with Crippen molar-refractivity contribution in [3.8, 4) is 0 Å². The Morgan fingerprint density at radius 1 is 1.75 bits per heavy atom. The molecule has 0 saturated heterocycles. The van der Waals surface area contributed by atoms with E-state index in [2.05, 4.69) is 0 Å². The second-order valence-electron chi connectivity index (χ2n) is 0.0680. The first-order chi connectivity index (χ1) is 1.41. The highest BCUT2D eigenvalue weighted by atomic mass is 27.0. The van der Waals surface area contributed by atoms with Gasteiger partial charge in [-0.2, -0.15) is 0 Å². The lowest BCUT2D eigenvalue weighted by atomic mass is 14.8. The molecule has 0 aromatic rings. The van der Waals surface area contributed by atoms with Crippen LogP contribution in [-0.2, 0) is 0 Å². The molecule has 4 heavy (non-hydrogen) atoms. The number of hydrogen-bond acceptors (Lipinski definition) is 2. The minimum Gasteiger partial charge on any atom is -0.0772 e. The second kappa shape index (κ2) is 12.6. The lowest BCUT2D eigenvalue weighted by Crippen LogP contribution is -1.82. The summed E-state index contributed by atoms with van der Waals surface area (Å²) in [4.78, 5) is 7.88. The quantitative estimate of drug-likeness (QED) is 0.152. The van der Waals surface area contributed by atoms with Crippen LogP contribution in [0.1, 0.15) is 0 Å². The fourth-order valence-corrected chi connectivity index (χ4v) is 0. The first kappa shape index (κ1) is 9.06. The van der Waals surface area contributed by atoms with E-state index < -0.39 is 0 Å². The fraction of sp³-hybridized carbons (Fsp3) is 0. The minimum absolute atomic E-state index is 0. The maximum absolute atomic E-state index is 7.88. The first-order valence-electron chi connectivity index (χ1n) is 0.333. The largest absolute Gasteiger partial charge is 0.154 e. The highest BCUT2D eigenvalue weighted by Gasteiger charge is 1.27. The Morgan fingerprint density at radius 2 is 1.75 bits per heavy atom. The van der Waals surface area contributed by atoms with Crippen LogP contribution in [-0.4, -0.2) is 17.4 Å². The van der Waals surface area contributed by atoms with Gasteiger partial charge in [0.05, 0.1) is 0 Å². The van der Waals surface area contributed by atoms with Gasteiger partial charge in [-0.15, -0.1) is 0 Å². The van der Waals surface area contributed by atoms with Crippen LogP contribution >= 0.6 is 0 Å². The van der Waals surface area contributed by atoms with E-state index in [0.717, 1.165) is 0 Å². The lowest BCUT2D eigenvalue weighted by Gasteiger charge is -1.19. The van der Waals surface area contributed by atoms with Crippen molar-refractivity contribution in [3.63, 3.8) is 0 Å². The van der Waals surface area contributed by atoms with Crippen molar-refractivity contribution in [2.75, 3.05) is 0 Å². The molecule has 0 heterocycles. The molecule has 0 atom stereocenters. The Bertz CT molecular complexity index is 10.8. The van der Waals surface area contributed by atoms with E-state index in [1.807, 2.05) is 0 Å². The van der Waals surface area contributed by atoms with Gasteiger partial charge in [-0.1, -0.05) is 10.2 Å². The molecule has 0 aliphatic carbocycles. The normalized spacial score (nSPS) is 3.00. The lowest BCUT2D eigenvalue weighted by molar-refractivity contribution is -0.284. The van der Waals surface area contributed by atoms with Gasteiger partial charge in [0.15, 0.2) is 4.75 Å². The molecule has 0 N–H and O–H groups in total. The Morgan fingerprint density at radius 3 is 1.75 bits per heavy atom. The van der Waals surface area contributed by atoms with E-state index in [9.17, 15) is 0 Å². The van der Waals surface area contributed by atoms with Crippen LogP contribution in [0.5, 0.6) is 0 Å². The van der Waals surface area contributed by atoms with E-state index in [4.69, 9.17) is 10.2 Å². The Kier molecular flexibility index (Phi) is 28.5. The molecule has 0 saturated carbocycles. The number of hydrogen-bond donors (Lipinski definition) is 0. The summed E-state index contributed by atoms with van der Waals surface area (Å²) in [5, 5.41) is 7.88. The fourth-order valence-electron chi connectivity index (χ4n) is 0. The predicted molar refractivity (Wildman–Crippen MR) is 12.5 cm³/mol. The Hall–Kier alpha value is -0.0675. The molecular formula is AlO3. The first-order valence-corrected chi connectivity index (χ1v) is 0.333. The summed E-state index contributed by atoms with van der Waals surface area (Å²) in [5.41, 5.74) is 0. The molecule has 0 aromatic carbocycles. The summed E-state index contributed by atoms with van der Waals surface area (Å²) < 4.78 is 1.75. The summed E-state index contributed by atoms with van der Waals surface area (Å²) in [6.45, 7) is 0. The Balaban J connectivity index is 0. The summed E-state index contributed by atoms with van der Waals surface area (Å²) in [6, 6.07) is 0. The van der Waals surface area contributed by atoms with Gasteiger partial charge < -0.3 is 0 Å². The van der Waals surface area contributed by atoms with E-state index >= 15 is 0 Å². The van der Waals surface area contributed by atoms with Gasteiger partial charge in [0.25, 0.3) is 0 Å². The molecule has 0 aromatic heterocycles. The summed E-state index contributed by atoms with van der Waals surface area (Å²) in [5.74, 6) is 0. The molecule has 4 heteroatoms. The van der Waals surface area contributed by atoms with Crippen LogP contribution in [0.3, 0.4) is 0 Å². The van der Waals surface area contributed by atoms with Gasteiger partial charge in [-0.05, 0) is 0 Å². The zero-order valence-electron chi connectivity index (χ0n) is 1.80. The van der Waals surface area contributed by atoms with Crippen LogP contribution in [0.4, 0.5) is 0 Å². The van der Waals surface area contributed by atoms with E-state index in [0.29, 0.717) is 0 Å². The van der Waals surface area contributed by atoms with E-state index in [1.54, 1.807) is 4.75 Å². The minimum atomic E-state index is 0.